The van der Waals surface area contributed by atoms with Crippen molar-refractivity contribution < 1.29 is 60.3 Å². The predicted molar refractivity (Wildman–Crippen MR) is 101 cm³/mol. The first-order chi connectivity index (χ1) is 13.2. The zero-order chi connectivity index (χ0) is 25.1. The van der Waals surface area contributed by atoms with E-state index >= 15 is 0 Å². The fourth-order valence-corrected chi connectivity index (χ4v) is 1.22. The molecule has 31 heavy (non-hydrogen) atoms. The molecule has 0 saturated heterocycles. The van der Waals surface area contributed by atoms with Crippen molar-refractivity contribution in [3.05, 3.63) is 0 Å². The minimum atomic E-state index is -1.61. The molecular weight excluding hydrogens is 478 g/mol. The summed E-state index contributed by atoms with van der Waals surface area (Å²) >= 11 is 0. The minimum Gasteiger partial charge on any atom is -0.547 e. The van der Waals surface area contributed by atoms with Gasteiger partial charge in [-0.2, -0.15) is 0 Å². The number of aliphatic hydroxyl groups is 6. The van der Waals surface area contributed by atoms with Crippen LogP contribution in [0.15, 0.2) is 0 Å². The number of rotatable bonds is 9. The van der Waals surface area contributed by atoms with Gasteiger partial charge in [-0.05, 0) is 0 Å². The van der Waals surface area contributed by atoms with Gasteiger partial charge < -0.3 is 60.3 Å². The zero-order valence-electron chi connectivity index (χ0n) is 18.6. The Morgan fingerprint density at radius 3 is 0.742 bits per heavy atom. The van der Waals surface area contributed by atoms with E-state index in [9.17, 15) is 29.7 Å². The quantitative estimate of drug-likeness (QED) is 0.159. The number of aliphatic hydroxyl groups excluding tert-OH is 6. The minimum absolute atomic E-state index is 0. The molecule has 0 rings (SSSR count). The fourth-order valence-electron chi connectivity index (χ4n) is 1.22. The van der Waals surface area contributed by atoms with Crippen molar-refractivity contribution >= 4 is 37.7 Å². The van der Waals surface area contributed by atoms with Crippen molar-refractivity contribution in [1.82, 2.24) is 0 Å². The van der Waals surface area contributed by atoms with Crippen LogP contribution < -0.4 is 15.3 Å². The van der Waals surface area contributed by atoms with Gasteiger partial charge in [0, 0.05) is 16.2 Å². The summed E-state index contributed by atoms with van der Waals surface area (Å²) in [5, 5.41) is 82.3. The Morgan fingerprint density at radius 2 is 0.710 bits per heavy atom. The fraction of sp³-hybridized carbons (Fsp3) is 0.833. The average Bonchev–Trinajstić information content (AvgIpc) is 2.66. The monoisotopic (exact) mass is 510 g/mol. The number of hydrogen-bond donors (Lipinski definition) is 6. The largest absolute Gasteiger partial charge is 3.00 e. The van der Waals surface area contributed by atoms with E-state index in [1.165, 1.54) is 41.5 Å². The number of hydrogen-bond acceptors (Lipinski definition) is 12. The van der Waals surface area contributed by atoms with Crippen LogP contribution >= 0.6 is 0 Å². The molecule has 0 aliphatic carbocycles. The van der Waals surface area contributed by atoms with Gasteiger partial charge in [-0.1, -0.05) is 41.5 Å². The van der Waals surface area contributed by atoms with Gasteiger partial charge in [0.15, 0.2) is 0 Å². The number of carbonyl (C=O) groups excluding carboxylic acids is 3. The van der Waals surface area contributed by atoms with E-state index in [1.807, 2.05) is 0 Å². The molecule has 0 heterocycles. The van der Waals surface area contributed by atoms with Crippen LogP contribution in [0, 0.1) is 16.2 Å². The summed E-state index contributed by atoms with van der Waals surface area (Å²) < 4.78 is 0. The third-order valence-corrected chi connectivity index (χ3v) is 4.11. The molecule has 6 N–H and O–H groups in total. The molecule has 0 spiro atoms. The Bertz CT molecular complexity index is 472. The summed E-state index contributed by atoms with van der Waals surface area (Å²) in [6.45, 7) is 7.47. The van der Waals surface area contributed by atoms with Crippen LogP contribution in [0.3, 0.4) is 0 Å². The molecular formula is C18H33GaO12. The topological polar surface area (TPSA) is 242 Å². The van der Waals surface area contributed by atoms with Crippen LogP contribution in [0.4, 0.5) is 0 Å². The van der Waals surface area contributed by atoms with Crippen molar-refractivity contribution in [2.45, 2.75) is 59.9 Å². The molecule has 0 radical (unpaired) electrons. The van der Waals surface area contributed by atoms with E-state index in [0.29, 0.717) is 0 Å². The van der Waals surface area contributed by atoms with Crippen LogP contribution in [-0.2, 0) is 14.4 Å². The third kappa shape index (κ3) is 14.5. The van der Waals surface area contributed by atoms with E-state index in [4.69, 9.17) is 30.6 Å². The number of aliphatic carboxylic acids is 3. The van der Waals surface area contributed by atoms with Gasteiger partial charge in [-0.25, -0.2) is 0 Å². The Balaban J connectivity index is -0.000000174. The van der Waals surface area contributed by atoms with Gasteiger partial charge >= 0.3 is 19.8 Å². The first-order valence-electron chi connectivity index (χ1n) is 8.74. The molecule has 0 aromatic carbocycles. The molecule has 0 aromatic rings. The summed E-state index contributed by atoms with van der Waals surface area (Å²) in [7, 11) is 0. The molecule has 0 aliphatic heterocycles. The molecule has 3 atom stereocenters. The maximum absolute atomic E-state index is 10.0. The molecule has 180 valence electrons. The van der Waals surface area contributed by atoms with Crippen LogP contribution in [0.5, 0.6) is 0 Å². The molecule has 3 unspecified atom stereocenters. The van der Waals surface area contributed by atoms with E-state index in [2.05, 4.69) is 0 Å². The van der Waals surface area contributed by atoms with Crippen molar-refractivity contribution in [2.75, 3.05) is 19.8 Å². The predicted octanol–water partition coefficient (Wildman–Crippen LogP) is -6.03. The first-order valence-corrected chi connectivity index (χ1v) is 8.74. The Labute approximate surface area is 194 Å². The van der Waals surface area contributed by atoms with Gasteiger partial charge in [0.25, 0.3) is 0 Å². The second-order valence-corrected chi connectivity index (χ2v) is 8.60. The van der Waals surface area contributed by atoms with Crippen molar-refractivity contribution in [2.24, 2.45) is 16.2 Å². The van der Waals surface area contributed by atoms with Gasteiger partial charge in [0.05, 0.1) is 37.7 Å². The van der Waals surface area contributed by atoms with E-state index < -0.39 is 52.5 Å². The van der Waals surface area contributed by atoms with Crippen LogP contribution in [0.2, 0.25) is 0 Å². The van der Waals surface area contributed by atoms with Crippen LogP contribution in [0.25, 0.3) is 0 Å². The molecule has 0 aliphatic rings. The van der Waals surface area contributed by atoms with Crippen molar-refractivity contribution in [1.29, 1.82) is 0 Å². The molecule has 0 bridgehead atoms. The smallest absolute Gasteiger partial charge is 0.547 e. The SMILES string of the molecule is CC(C)(CO)C(O)C(=O)[O-].CC(C)(CO)C(O)C(=O)[O-].CC(C)(CO)C(O)C(=O)[O-].[Ga+3]. The van der Waals surface area contributed by atoms with Crippen LogP contribution in [0.1, 0.15) is 41.5 Å². The maximum Gasteiger partial charge on any atom is 3.00 e. The number of carboxylic acids is 3. The summed E-state index contributed by atoms with van der Waals surface area (Å²) in [5.41, 5.74) is -3.09. The molecule has 0 saturated carbocycles. The summed E-state index contributed by atoms with van der Waals surface area (Å²) in [5.74, 6) is -4.67. The molecule has 0 fully saturated rings. The summed E-state index contributed by atoms with van der Waals surface area (Å²) in [6.07, 6.45) is -4.84. The number of carbonyl (C=O) groups is 3. The summed E-state index contributed by atoms with van der Waals surface area (Å²) in [6, 6.07) is 0. The van der Waals surface area contributed by atoms with Crippen molar-refractivity contribution in [3.63, 3.8) is 0 Å². The zero-order valence-corrected chi connectivity index (χ0v) is 21.0. The Morgan fingerprint density at radius 1 is 0.581 bits per heavy atom. The molecule has 0 aromatic heterocycles. The average molecular weight is 511 g/mol. The van der Waals surface area contributed by atoms with Gasteiger partial charge in [0.1, 0.15) is 18.3 Å². The van der Waals surface area contributed by atoms with Crippen molar-refractivity contribution in [3.8, 4) is 0 Å². The summed E-state index contributed by atoms with van der Waals surface area (Å²) in [4.78, 5) is 30.1. The second-order valence-electron chi connectivity index (χ2n) is 8.60. The standard InChI is InChI=1S/3C6H12O4.Ga/c3*1-6(2,3-7)4(8)5(9)10;/h3*4,7-8H,3H2,1-2H3,(H,9,10);/q;;;+3/p-3. The molecule has 0 amide bonds. The van der Waals surface area contributed by atoms with E-state index in [-0.39, 0.29) is 39.6 Å². The normalized spacial score (nSPS) is 14.3. The number of carboxylic acid groups (broad SMARTS) is 3. The Hall–Kier alpha value is -1.19. The molecule has 12 nitrogen and oxygen atoms in total. The van der Waals surface area contributed by atoms with Crippen LogP contribution in [-0.4, -0.2) is 106 Å². The Kier molecular flexibility index (Phi) is 18.7. The molecule has 13 heteroatoms. The first kappa shape index (κ1) is 37.1. The van der Waals surface area contributed by atoms with E-state index in [1.54, 1.807) is 0 Å². The van der Waals surface area contributed by atoms with Gasteiger partial charge in [-0.15, -0.1) is 0 Å². The van der Waals surface area contributed by atoms with Gasteiger partial charge in [-0.3, -0.25) is 0 Å². The van der Waals surface area contributed by atoms with E-state index in [0.717, 1.165) is 0 Å². The third-order valence-electron chi connectivity index (χ3n) is 4.11. The van der Waals surface area contributed by atoms with Gasteiger partial charge in [0.2, 0.25) is 0 Å². The second kappa shape index (κ2) is 15.6. The maximum atomic E-state index is 10.0.